The quantitative estimate of drug-likeness (QED) is 0.634. The van der Waals surface area contributed by atoms with Crippen molar-refractivity contribution in [1.82, 2.24) is 10.6 Å². The lowest BCUT2D eigenvalue weighted by atomic mass is 10.2. The number of carbonyl (C=O) groups is 2. The number of thioether (sulfide) groups is 1. The van der Waals surface area contributed by atoms with Crippen molar-refractivity contribution in [3.05, 3.63) is 29.8 Å². The summed E-state index contributed by atoms with van der Waals surface area (Å²) in [6.45, 7) is -2.79. The van der Waals surface area contributed by atoms with Crippen LogP contribution >= 0.6 is 11.8 Å². The maximum absolute atomic E-state index is 12.2. The van der Waals surface area contributed by atoms with Crippen LogP contribution in [-0.4, -0.2) is 36.6 Å². The molecule has 0 radical (unpaired) electrons. The van der Waals surface area contributed by atoms with E-state index in [0.29, 0.717) is 17.7 Å². The third-order valence-electron chi connectivity index (χ3n) is 2.83. The van der Waals surface area contributed by atoms with Crippen LogP contribution in [0.25, 0.3) is 0 Å². The molecule has 0 heterocycles. The van der Waals surface area contributed by atoms with Gasteiger partial charge in [-0.1, -0.05) is 12.1 Å². The van der Waals surface area contributed by atoms with Crippen molar-refractivity contribution in [1.29, 1.82) is 0 Å². The standard InChI is InChI=1S/C14H19F2N3O3S/c1-23-6-5-11(19-14(17)21)12(20)18-8-9-3-2-4-10(7-9)22-13(15)16/h2-4,7,11,13H,5-6,8H2,1H3,(H,18,20)(H3,17,19,21)/t11-/m1/s1. The van der Waals surface area contributed by atoms with Crippen molar-refractivity contribution in [3.8, 4) is 5.75 Å². The molecule has 6 nitrogen and oxygen atoms in total. The van der Waals surface area contributed by atoms with Crippen molar-refractivity contribution in [2.24, 2.45) is 5.73 Å². The molecular weight excluding hydrogens is 328 g/mol. The summed E-state index contributed by atoms with van der Waals surface area (Å²) in [5.41, 5.74) is 5.65. The van der Waals surface area contributed by atoms with Crippen molar-refractivity contribution < 1.29 is 23.1 Å². The molecule has 0 fully saturated rings. The number of nitrogens with two attached hydrogens (primary N) is 1. The summed E-state index contributed by atoms with van der Waals surface area (Å²) < 4.78 is 28.6. The number of rotatable bonds is 9. The Hall–Kier alpha value is -2.03. The zero-order valence-electron chi connectivity index (χ0n) is 12.6. The fourth-order valence-corrected chi connectivity index (χ4v) is 2.29. The summed E-state index contributed by atoms with van der Waals surface area (Å²) in [6.07, 6.45) is 2.32. The molecule has 0 saturated carbocycles. The zero-order chi connectivity index (χ0) is 17.2. The van der Waals surface area contributed by atoms with E-state index in [1.165, 1.54) is 23.9 Å². The van der Waals surface area contributed by atoms with Crippen molar-refractivity contribution in [2.75, 3.05) is 12.0 Å². The van der Waals surface area contributed by atoms with Gasteiger partial charge in [0.15, 0.2) is 0 Å². The molecular formula is C14H19F2N3O3S. The van der Waals surface area contributed by atoms with E-state index >= 15 is 0 Å². The minimum atomic E-state index is -2.91. The maximum Gasteiger partial charge on any atom is 0.387 e. The third kappa shape index (κ3) is 7.68. The highest BCUT2D eigenvalue weighted by Crippen LogP contribution is 2.15. The molecule has 9 heteroatoms. The highest BCUT2D eigenvalue weighted by molar-refractivity contribution is 7.98. The second-order valence-corrected chi connectivity index (χ2v) is 5.57. The zero-order valence-corrected chi connectivity index (χ0v) is 13.4. The highest BCUT2D eigenvalue weighted by atomic mass is 32.2. The van der Waals surface area contributed by atoms with Gasteiger partial charge in [-0.15, -0.1) is 0 Å². The first-order chi connectivity index (χ1) is 10.9. The molecule has 1 aromatic carbocycles. The Morgan fingerprint density at radius 1 is 1.39 bits per heavy atom. The second kappa shape index (κ2) is 9.88. The molecule has 0 aliphatic heterocycles. The normalized spacial score (nSPS) is 11.8. The van der Waals surface area contributed by atoms with Crippen LogP contribution in [-0.2, 0) is 11.3 Å². The Bertz CT molecular complexity index is 532. The lowest BCUT2D eigenvalue weighted by Crippen LogP contribution is -2.48. The number of benzene rings is 1. The van der Waals surface area contributed by atoms with E-state index in [-0.39, 0.29) is 12.3 Å². The number of amides is 3. The Kier molecular flexibility index (Phi) is 8.17. The van der Waals surface area contributed by atoms with Crippen LogP contribution in [0, 0.1) is 0 Å². The Morgan fingerprint density at radius 2 is 2.13 bits per heavy atom. The minimum Gasteiger partial charge on any atom is -0.435 e. The number of urea groups is 1. The van der Waals surface area contributed by atoms with Crippen molar-refractivity contribution in [2.45, 2.75) is 25.6 Å². The van der Waals surface area contributed by atoms with E-state index in [2.05, 4.69) is 15.4 Å². The lowest BCUT2D eigenvalue weighted by Gasteiger charge is -2.17. The number of hydrogen-bond acceptors (Lipinski definition) is 4. The maximum atomic E-state index is 12.2. The number of primary amides is 1. The van der Waals surface area contributed by atoms with E-state index in [9.17, 15) is 18.4 Å². The fraction of sp³-hybridized carbons (Fsp3) is 0.429. The Balaban J connectivity index is 2.60. The summed E-state index contributed by atoms with van der Waals surface area (Å²) in [4.78, 5) is 23.0. The van der Waals surface area contributed by atoms with Gasteiger partial charge >= 0.3 is 12.6 Å². The Morgan fingerprint density at radius 3 is 2.74 bits per heavy atom. The Labute approximate surface area is 137 Å². The molecule has 1 rings (SSSR count). The van der Waals surface area contributed by atoms with Gasteiger partial charge in [0.25, 0.3) is 0 Å². The third-order valence-corrected chi connectivity index (χ3v) is 3.48. The van der Waals surface area contributed by atoms with Crippen LogP contribution in [0.2, 0.25) is 0 Å². The van der Waals surface area contributed by atoms with Gasteiger partial charge in [0.05, 0.1) is 0 Å². The summed E-state index contributed by atoms with van der Waals surface area (Å²) in [5.74, 6) is 0.301. The number of hydrogen-bond donors (Lipinski definition) is 3. The summed E-state index contributed by atoms with van der Waals surface area (Å²) >= 11 is 1.54. The topological polar surface area (TPSA) is 93.5 Å². The predicted molar refractivity (Wildman–Crippen MR) is 84.4 cm³/mol. The van der Waals surface area contributed by atoms with E-state index in [1.807, 2.05) is 6.26 Å². The minimum absolute atomic E-state index is 0.0148. The average molecular weight is 347 g/mol. The molecule has 3 amide bonds. The van der Waals surface area contributed by atoms with Gasteiger partial charge in [-0.3, -0.25) is 4.79 Å². The van der Waals surface area contributed by atoms with Gasteiger partial charge < -0.3 is 21.1 Å². The molecule has 23 heavy (non-hydrogen) atoms. The molecule has 0 spiro atoms. The van der Waals surface area contributed by atoms with Crippen LogP contribution in [0.3, 0.4) is 0 Å². The van der Waals surface area contributed by atoms with Crippen molar-refractivity contribution >= 4 is 23.7 Å². The van der Waals surface area contributed by atoms with E-state index in [1.54, 1.807) is 12.1 Å². The highest BCUT2D eigenvalue weighted by Gasteiger charge is 2.19. The summed E-state index contributed by atoms with van der Waals surface area (Å²) in [7, 11) is 0. The molecule has 0 bridgehead atoms. The molecule has 0 aliphatic rings. The van der Waals surface area contributed by atoms with Crippen molar-refractivity contribution in [3.63, 3.8) is 0 Å². The first-order valence-corrected chi connectivity index (χ1v) is 8.18. The summed E-state index contributed by atoms with van der Waals surface area (Å²) in [5, 5.41) is 5.01. The number of halogens is 2. The first-order valence-electron chi connectivity index (χ1n) is 6.78. The van der Waals surface area contributed by atoms with E-state index < -0.39 is 24.6 Å². The number of alkyl halides is 2. The molecule has 1 aromatic rings. The second-order valence-electron chi connectivity index (χ2n) is 4.59. The van der Waals surface area contributed by atoms with Crippen LogP contribution in [0.4, 0.5) is 13.6 Å². The lowest BCUT2D eigenvalue weighted by molar-refractivity contribution is -0.123. The molecule has 1 atom stereocenters. The monoisotopic (exact) mass is 347 g/mol. The van der Waals surface area contributed by atoms with Gasteiger partial charge in [0.1, 0.15) is 11.8 Å². The van der Waals surface area contributed by atoms with Gasteiger partial charge in [0.2, 0.25) is 5.91 Å². The van der Waals surface area contributed by atoms with Gasteiger partial charge in [-0.25, -0.2) is 4.79 Å². The van der Waals surface area contributed by atoms with Gasteiger partial charge in [-0.2, -0.15) is 20.5 Å². The molecule has 128 valence electrons. The van der Waals surface area contributed by atoms with E-state index in [4.69, 9.17) is 5.73 Å². The number of nitrogens with one attached hydrogen (secondary N) is 2. The van der Waals surface area contributed by atoms with Gasteiger partial charge in [-0.05, 0) is 36.1 Å². The molecule has 0 aliphatic carbocycles. The molecule has 0 saturated heterocycles. The molecule has 0 aromatic heterocycles. The van der Waals surface area contributed by atoms with Crippen LogP contribution in [0.5, 0.6) is 5.75 Å². The SMILES string of the molecule is CSCC[C@@H](NC(N)=O)C(=O)NCc1cccc(OC(F)F)c1. The van der Waals surface area contributed by atoms with Crippen LogP contribution in [0.1, 0.15) is 12.0 Å². The van der Waals surface area contributed by atoms with E-state index in [0.717, 1.165) is 0 Å². The average Bonchev–Trinajstić information content (AvgIpc) is 2.48. The predicted octanol–water partition coefficient (Wildman–Crippen LogP) is 1.69. The molecule has 0 unspecified atom stereocenters. The van der Waals surface area contributed by atoms with Crippen LogP contribution in [0.15, 0.2) is 24.3 Å². The van der Waals surface area contributed by atoms with Gasteiger partial charge in [0, 0.05) is 6.54 Å². The van der Waals surface area contributed by atoms with Crippen LogP contribution < -0.4 is 21.1 Å². The summed E-state index contributed by atoms with van der Waals surface area (Å²) in [6, 6.07) is 4.50. The fourth-order valence-electron chi connectivity index (χ4n) is 1.82. The first kappa shape index (κ1) is 19.0. The smallest absolute Gasteiger partial charge is 0.387 e. The molecule has 4 N–H and O–H groups in total. The largest absolute Gasteiger partial charge is 0.435 e. The number of carbonyl (C=O) groups excluding carboxylic acids is 2. The number of ether oxygens (including phenoxy) is 1.